The molecule has 0 aromatic heterocycles. The van der Waals surface area contributed by atoms with Gasteiger partial charge in [-0.15, -0.1) is 0 Å². The van der Waals surface area contributed by atoms with E-state index in [0.717, 1.165) is 6.07 Å². The summed E-state index contributed by atoms with van der Waals surface area (Å²) in [6, 6.07) is 2.72. The average molecular weight is 158 g/mol. The van der Waals surface area contributed by atoms with Gasteiger partial charge in [-0.2, -0.15) is 0 Å². The van der Waals surface area contributed by atoms with Crippen LogP contribution in [-0.2, 0) is 6.40 Å². The highest BCUT2D eigenvalue weighted by Crippen LogP contribution is 2.07. The van der Waals surface area contributed by atoms with E-state index in [0.29, 0.717) is 0 Å². The van der Waals surface area contributed by atoms with Crippen molar-refractivity contribution >= 4 is 0 Å². The number of benzene rings is 1. The summed E-state index contributed by atoms with van der Waals surface area (Å²) < 4.78 is 49.6. The van der Waals surface area contributed by atoms with Crippen LogP contribution in [0.2, 0.25) is 0 Å². The number of nitrogens with two attached hydrogens (primary N) is 1. The monoisotopic (exact) mass is 158 g/mol. The van der Waals surface area contributed by atoms with Gasteiger partial charge in [-0.05, 0) is 24.9 Å². The lowest BCUT2D eigenvalue weighted by atomic mass is 10.1. The zero-order chi connectivity index (χ0) is 12.6. The fourth-order valence-electron chi connectivity index (χ4n) is 0.760. The summed E-state index contributed by atoms with van der Waals surface area (Å²) in [5, 5.41) is 0. The Hall–Kier alpha value is -0.890. The number of halogens is 1. The van der Waals surface area contributed by atoms with Gasteiger partial charge in [0.1, 0.15) is 5.82 Å². The Morgan fingerprint density at radius 2 is 2.55 bits per heavy atom. The highest BCUT2D eigenvalue weighted by molar-refractivity contribution is 5.17. The molecule has 0 saturated heterocycles. The van der Waals surface area contributed by atoms with Gasteiger partial charge in [0, 0.05) is 12.9 Å². The third kappa shape index (κ3) is 2.31. The van der Waals surface area contributed by atoms with Crippen molar-refractivity contribution < 1.29 is 11.2 Å². The minimum atomic E-state index is -2.85. The van der Waals surface area contributed by atoms with E-state index in [1.807, 2.05) is 0 Å². The molecule has 0 radical (unpaired) electrons. The summed E-state index contributed by atoms with van der Waals surface area (Å²) in [5.41, 5.74) is 5.10. The third-order valence-electron chi connectivity index (χ3n) is 1.22. The van der Waals surface area contributed by atoms with Crippen LogP contribution in [0.25, 0.3) is 0 Å². The van der Waals surface area contributed by atoms with E-state index >= 15 is 0 Å². The summed E-state index contributed by atoms with van der Waals surface area (Å²) in [6.45, 7) is -2.85. The summed E-state index contributed by atoms with van der Waals surface area (Å²) >= 11 is 0. The molecule has 2 atom stereocenters. The van der Waals surface area contributed by atoms with Crippen molar-refractivity contribution in [3.63, 3.8) is 0 Å². The smallest absolute Gasteiger partial charge is 0.126 e. The van der Waals surface area contributed by atoms with Gasteiger partial charge in [0.2, 0.25) is 0 Å². The Balaban J connectivity index is 3.12. The maximum Gasteiger partial charge on any atom is 0.126 e. The van der Waals surface area contributed by atoms with E-state index in [4.69, 9.17) is 12.6 Å². The molecule has 2 N–H and O–H groups in total. The van der Waals surface area contributed by atoms with Gasteiger partial charge >= 0.3 is 0 Å². The molecule has 0 heterocycles. The SMILES string of the molecule is [2H]C(c1ccccc1F)C([2H])(N)C([2H])([2H])[2H]. The van der Waals surface area contributed by atoms with Crippen molar-refractivity contribution in [2.45, 2.75) is 19.3 Å². The number of hydrogen-bond donors (Lipinski definition) is 1. The molecule has 0 saturated carbocycles. The minimum absolute atomic E-state index is 0.184. The summed E-state index contributed by atoms with van der Waals surface area (Å²) in [5.74, 6) is -0.728. The van der Waals surface area contributed by atoms with Crippen molar-refractivity contribution in [3.8, 4) is 0 Å². The van der Waals surface area contributed by atoms with E-state index in [2.05, 4.69) is 0 Å². The largest absolute Gasteiger partial charge is 0.328 e. The lowest BCUT2D eigenvalue weighted by molar-refractivity contribution is 0.596. The molecule has 0 spiro atoms. The highest BCUT2D eigenvalue weighted by atomic mass is 19.1. The molecule has 0 aliphatic carbocycles. The second-order valence-electron chi connectivity index (χ2n) is 2.12. The first-order chi connectivity index (χ1) is 7.18. The molecule has 0 fully saturated rings. The number of rotatable bonds is 2. The van der Waals surface area contributed by atoms with Crippen LogP contribution in [0.3, 0.4) is 0 Å². The molecule has 1 rings (SSSR count). The molecular weight excluding hydrogens is 141 g/mol. The van der Waals surface area contributed by atoms with Gasteiger partial charge in [-0.3, -0.25) is 0 Å². The van der Waals surface area contributed by atoms with Crippen LogP contribution >= 0.6 is 0 Å². The average Bonchev–Trinajstić information content (AvgIpc) is 2.15. The van der Waals surface area contributed by atoms with Crippen LogP contribution in [0, 0.1) is 5.82 Å². The zero-order valence-electron chi connectivity index (χ0n) is 10.8. The number of hydrogen-bond acceptors (Lipinski definition) is 1. The molecule has 11 heavy (non-hydrogen) atoms. The van der Waals surface area contributed by atoms with Crippen LogP contribution in [0.1, 0.15) is 19.3 Å². The van der Waals surface area contributed by atoms with Gasteiger partial charge in [0.25, 0.3) is 0 Å². The zero-order valence-corrected chi connectivity index (χ0v) is 5.84. The Morgan fingerprint density at radius 1 is 1.82 bits per heavy atom. The fourth-order valence-corrected chi connectivity index (χ4v) is 0.760. The van der Waals surface area contributed by atoms with Crippen molar-refractivity contribution in [1.82, 2.24) is 0 Å². The first-order valence-corrected chi connectivity index (χ1v) is 3.13. The normalized spacial score (nSPS) is 26.5. The van der Waals surface area contributed by atoms with Crippen LogP contribution in [0.4, 0.5) is 4.39 Å². The van der Waals surface area contributed by atoms with Crippen LogP contribution < -0.4 is 5.73 Å². The van der Waals surface area contributed by atoms with E-state index in [9.17, 15) is 4.39 Å². The molecular formula is C9H12FN. The van der Waals surface area contributed by atoms with Gasteiger partial charge in [0.05, 0.1) is 0 Å². The first kappa shape index (κ1) is 3.68. The van der Waals surface area contributed by atoms with Gasteiger partial charge in [0.15, 0.2) is 0 Å². The molecule has 2 heteroatoms. The standard InChI is InChI=1S/C9H12FN/c1-7(11)6-8-4-2-3-5-9(8)10/h2-5,7H,6,11H2,1H3/i1D3,6D,7D. The van der Waals surface area contributed by atoms with Crippen molar-refractivity contribution in [3.05, 3.63) is 35.6 Å². The van der Waals surface area contributed by atoms with E-state index < -0.39 is 25.1 Å². The second kappa shape index (κ2) is 3.49. The maximum atomic E-state index is 13.3. The summed E-state index contributed by atoms with van der Waals surface area (Å²) in [7, 11) is 0. The molecule has 60 valence electrons. The van der Waals surface area contributed by atoms with Gasteiger partial charge in [-0.25, -0.2) is 4.39 Å². The van der Waals surface area contributed by atoms with Crippen molar-refractivity contribution in [2.24, 2.45) is 5.73 Å². The minimum Gasteiger partial charge on any atom is -0.328 e. The third-order valence-corrected chi connectivity index (χ3v) is 1.22. The molecule has 0 aliphatic heterocycles. The Kier molecular flexibility index (Phi) is 1.16. The van der Waals surface area contributed by atoms with E-state index in [1.165, 1.54) is 18.2 Å². The van der Waals surface area contributed by atoms with Crippen molar-refractivity contribution in [1.29, 1.82) is 0 Å². The highest BCUT2D eigenvalue weighted by Gasteiger charge is 2.01. The lowest BCUT2D eigenvalue weighted by Gasteiger charge is -2.04. The Morgan fingerprint density at radius 3 is 3.18 bits per heavy atom. The predicted molar refractivity (Wildman–Crippen MR) is 43.8 cm³/mol. The first-order valence-electron chi connectivity index (χ1n) is 5.71. The van der Waals surface area contributed by atoms with Crippen LogP contribution in [-0.4, -0.2) is 6.02 Å². The van der Waals surface area contributed by atoms with Gasteiger partial charge in [-0.1, -0.05) is 18.2 Å². The molecule has 1 aromatic carbocycles. The molecule has 1 nitrogen and oxygen atoms in total. The summed E-state index contributed by atoms with van der Waals surface area (Å²) in [6.07, 6.45) is -1.67. The van der Waals surface area contributed by atoms with Crippen LogP contribution in [0.15, 0.2) is 24.3 Å². The van der Waals surface area contributed by atoms with E-state index in [1.54, 1.807) is 0 Å². The second-order valence-corrected chi connectivity index (χ2v) is 2.12. The maximum absolute atomic E-state index is 13.3. The fraction of sp³-hybridized carbons (Fsp3) is 0.333. The Labute approximate surface area is 73.1 Å². The lowest BCUT2D eigenvalue weighted by Crippen LogP contribution is -2.18. The molecule has 0 bridgehead atoms. The Bertz CT molecular complexity index is 376. The van der Waals surface area contributed by atoms with Crippen LogP contribution in [0.5, 0.6) is 0 Å². The molecule has 2 unspecified atom stereocenters. The molecule has 0 aliphatic rings. The predicted octanol–water partition coefficient (Wildman–Crippen LogP) is 1.72. The molecule has 0 amide bonds. The summed E-state index contributed by atoms with van der Waals surface area (Å²) in [4.78, 5) is 0. The van der Waals surface area contributed by atoms with Crippen molar-refractivity contribution in [2.75, 3.05) is 0 Å². The van der Waals surface area contributed by atoms with Gasteiger partial charge < -0.3 is 5.73 Å². The quantitative estimate of drug-likeness (QED) is 0.696. The van der Waals surface area contributed by atoms with E-state index in [-0.39, 0.29) is 5.56 Å². The topological polar surface area (TPSA) is 26.0 Å². The molecule has 1 aromatic rings.